The lowest BCUT2D eigenvalue weighted by atomic mass is 10.2. The number of benzene rings is 4. The van der Waals surface area contributed by atoms with E-state index in [1.54, 1.807) is 0 Å². The number of rotatable bonds is 20. The number of carboxylic acids is 1. The van der Waals surface area contributed by atoms with Crippen molar-refractivity contribution >= 4 is 74.9 Å². The zero-order chi connectivity index (χ0) is 43.6. The fraction of sp³-hybridized carbons (Fsp3) is 0.167. The van der Waals surface area contributed by atoms with Crippen molar-refractivity contribution in [2.45, 2.75) is 9.79 Å². The van der Waals surface area contributed by atoms with Gasteiger partial charge in [0.15, 0.2) is 25.0 Å². The highest BCUT2D eigenvalue weighted by Gasteiger charge is 2.19. The second-order valence-electron chi connectivity index (χ2n) is 11.3. The second kappa shape index (κ2) is 19.0. The molecule has 0 aliphatic rings. The van der Waals surface area contributed by atoms with Gasteiger partial charge in [-0.1, -0.05) is 0 Å². The number of hydrogen-bond acceptors (Lipinski definition) is 22. The predicted molar refractivity (Wildman–Crippen MR) is 204 cm³/mol. The average Bonchev–Trinajstić information content (AvgIpc) is 3.15. The summed E-state index contributed by atoms with van der Waals surface area (Å²) in [6, 6.07) is 14.0. The molecule has 0 heterocycles. The number of carbonyl (C=O) groups is 1. The summed E-state index contributed by atoms with van der Waals surface area (Å²) in [5.74, 6) is -3.25. The Balaban J connectivity index is 1.57. The number of nitroso groups, excluding NO2 is 1. The molecular formula is C30H28N8O17S4. The van der Waals surface area contributed by atoms with Gasteiger partial charge in [0.05, 0.1) is 62.8 Å². The summed E-state index contributed by atoms with van der Waals surface area (Å²) in [7, 11) is -17.8. The molecule has 0 unspecified atom stereocenters. The molecule has 0 amide bonds. The lowest BCUT2D eigenvalue weighted by molar-refractivity contribution is 0.0694. The van der Waals surface area contributed by atoms with E-state index in [2.05, 4.69) is 50.1 Å². The van der Waals surface area contributed by atoms with Crippen LogP contribution in [0.2, 0.25) is 0 Å². The van der Waals surface area contributed by atoms with E-state index in [4.69, 9.17) is 9.11 Å². The zero-order valence-electron chi connectivity index (χ0n) is 29.4. The summed E-state index contributed by atoms with van der Waals surface area (Å²) >= 11 is 0. The Morgan fingerprint density at radius 1 is 0.661 bits per heavy atom. The van der Waals surface area contributed by atoms with E-state index in [-0.39, 0.29) is 38.2 Å². The highest BCUT2D eigenvalue weighted by atomic mass is 32.3. The Hall–Kier alpha value is -6.21. The molecule has 25 nitrogen and oxygen atoms in total. The molecule has 314 valence electrons. The SMILES string of the molecule is O=NCNc1cc(NN=c2c(C(=O)O)cc(=O)c(=NNc3ccc(S(=O)(=O)CCOS(=O)(=O)O)cc3)c2=O)ccc1N=Nc1ccc(S(=O)(=O)CCOS(=O)(=O)O)cc1. The minimum absolute atomic E-state index is 0.0601. The number of hydrogen-bond donors (Lipinski definition) is 6. The number of anilines is 3. The van der Waals surface area contributed by atoms with Crippen LogP contribution < -0.4 is 37.7 Å². The number of nitrogens with zero attached hydrogens (tertiary/aromatic N) is 5. The molecule has 0 bridgehead atoms. The minimum atomic E-state index is -4.86. The van der Waals surface area contributed by atoms with Gasteiger partial charge in [0.25, 0.3) is 0 Å². The van der Waals surface area contributed by atoms with Crippen LogP contribution in [0.3, 0.4) is 0 Å². The topological polar surface area (TPSA) is 382 Å². The average molecular weight is 901 g/mol. The molecule has 0 atom stereocenters. The summed E-state index contributed by atoms with van der Waals surface area (Å²) < 4.78 is 118. The van der Waals surface area contributed by atoms with Gasteiger partial charge < -0.3 is 10.4 Å². The Labute approximate surface area is 332 Å². The molecule has 59 heavy (non-hydrogen) atoms. The maximum atomic E-state index is 13.3. The Kier molecular flexibility index (Phi) is 14.7. The third-order valence-electron chi connectivity index (χ3n) is 7.20. The summed E-state index contributed by atoms with van der Waals surface area (Å²) in [5, 5.41) is 29.2. The third kappa shape index (κ3) is 13.4. The normalized spacial score (nSPS) is 13.1. The third-order valence-corrected chi connectivity index (χ3v) is 11.5. The van der Waals surface area contributed by atoms with Gasteiger partial charge in [-0.2, -0.15) is 32.2 Å². The molecule has 6 N–H and O–H groups in total. The van der Waals surface area contributed by atoms with E-state index in [1.807, 2.05) is 0 Å². The zero-order valence-corrected chi connectivity index (χ0v) is 32.7. The highest BCUT2D eigenvalue weighted by molar-refractivity contribution is 7.91. The first-order valence-electron chi connectivity index (χ1n) is 15.8. The van der Waals surface area contributed by atoms with E-state index in [0.717, 1.165) is 24.3 Å². The number of carboxylic acid groups (broad SMARTS) is 1. The number of sulfone groups is 2. The van der Waals surface area contributed by atoms with Gasteiger partial charge in [0.2, 0.25) is 10.9 Å². The van der Waals surface area contributed by atoms with E-state index in [9.17, 15) is 58.1 Å². The smallest absolute Gasteiger partial charge is 0.397 e. The van der Waals surface area contributed by atoms with E-state index in [1.165, 1.54) is 42.5 Å². The van der Waals surface area contributed by atoms with Gasteiger partial charge in [-0.25, -0.2) is 30.0 Å². The lowest BCUT2D eigenvalue weighted by Crippen LogP contribution is -2.50. The summed E-state index contributed by atoms with van der Waals surface area (Å²) in [5.41, 5.74) is 2.24. The lowest BCUT2D eigenvalue weighted by Gasteiger charge is -2.08. The number of aromatic carboxylic acids is 1. The van der Waals surface area contributed by atoms with Crippen LogP contribution in [-0.2, 0) is 48.8 Å². The molecule has 0 radical (unpaired) electrons. The van der Waals surface area contributed by atoms with Crippen LogP contribution in [0.5, 0.6) is 0 Å². The molecule has 0 aliphatic carbocycles. The van der Waals surface area contributed by atoms with Crippen molar-refractivity contribution in [3.05, 3.63) is 114 Å². The maximum absolute atomic E-state index is 13.3. The molecule has 0 saturated carbocycles. The van der Waals surface area contributed by atoms with Crippen LogP contribution in [0.25, 0.3) is 0 Å². The van der Waals surface area contributed by atoms with Gasteiger partial charge in [-0.3, -0.25) is 29.5 Å². The van der Waals surface area contributed by atoms with E-state index >= 15 is 0 Å². The molecule has 4 aromatic rings. The van der Waals surface area contributed by atoms with Crippen molar-refractivity contribution in [1.29, 1.82) is 0 Å². The van der Waals surface area contributed by atoms with Gasteiger partial charge in [0.1, 0.15) is 17.7 Å². The molecule has 0 saturated heterocycles. The van der Waals surface area contributed by atoms with Crippen molar-refractivity contribution in [1.82, 2.24) is 0 Å². The molecule has 0 aromatic heterocycles. The van der Waals surface area contributed by atoms with Crippen LogP contribution in [0.4, 0.5) is 28.4 Å². The molecule has 29 heteroatoms. The summed E-state index contributed by atoms with van der Waals surface area (Å²) in [4.78, 5) is 48.4. The highest BCUT2D eigenvalue weighted by Crippen LogP contribution is 2.30. The molecular weight excluding hydrogens is 873 g/mol. The monoisotopic (exact) mass is 900 g/mol. The molecule has 0 spiro atoms. The first kappa shape index (κ1) is 45.5. The van der Waals surface area contributed by atoms with Crippen LogP contribution >= 0.6 is 0 Å². The van der Waals surface area contributed by atoms with Gasteiger partial charge >= 0.3 is 26.8 Å². The predicted octanol–water partition coefficient (Wildman–Crippen LogP) is 0.574. The van der Waals surface area contributed by atoms with E-state index in [0.29, 0.717) is 6.07 Å². The number of nitrogens with one attached hydrogen (secondary N) is 3. The van der Waals surface area contributed by atoms with Crippen molar-refractivity contribution in [3.8, 4) is 0 Å². The molecule has 4 rings (SSSR count). The Bertz CT molecular complexity index is 2960. The van der Waals surface area contributed by atoms with Crippen molar-refractivity contribution < 1.29 is 61.0 Å². The molecule has 0 fully saturated rings. The largest absolute Gasteiger partial charge is 0.478 e. The first-order valence-corrected chi connectivity index (χ1v) is 21.8. The fourth-order valence-electron chi connectivity index (χ4n) is 4.49. The van der Waals surface area contributed by atoms with Crippen LogP contribution in [-0.4, -0.2) is 85.2 Å². The Morgan fingerprint density at radius 2 is 1.17 bits per heavy atom. The van der Waals surface area contributed by atoms with Crippen LogP contribution in [0, 0.1) is 4.91 Å². The van der Waals surface area contributed by atoms with Crippen molar-refractivity contribution in [2.24, 2.45) is 25.6 Å². The standard InChI is InChI=1S/C30H28N8O17S4/c39-26-16-23(30(41)42)27(29(40)28(26)38-34-19-3-8-22(9-4-19)57(46,47)14-12-55-59(51,52)53)37-35-20-5-10-24(25(15-20)31-17-32-43)36-33-18-1-6-21(7-2-18)56(44,45)13-11-54-58(48,49)50/h1-10,15-16,31,34-35H,11-14,17H2,(H,41,42)(H,48,49,50)(H,51,52,53). The summed E-state index contributed by atoms with van der Waals surface area (Å²) in [6.45, 7) is -2.15. The summed E-state index contributed by atoms with van der Waals surface area (Å²) in [6.07, 6.45) is 0. The van der Waals surface area contributed by atoms with E-state index < -0.39 is 105 Å². The van der Waals surface area contributed by atoms with Crippen molar-refractivity contribution in [3.63, 3.8) is 0 Å². The maximum Gasteiger partial charge on any atom is 0.397 e. The fourth-order valence-corrected chi connectivity index (χ4v) is 7.47. The Morgan fingerprint density at radius 3 is 1.69 bits per heavy atom. The van der Waals surface area contributed by atoms with Crippen molar-refractivity contribution in [2.75, 3.05) is 47.6 Å². The second-order valence-corrected chi connectivity index (χ2v) is 17.7. The number of azo groups is 1. The minimum Gasteiger partial charge on any atom is -0.478 e. The van der Waals surface area contributed by atoms with Gasteiger partial charge in [-0.05, 0) is 71.9 Å². The quantitative estimate of drug-likeness (QED) is 0.0305. The molecule has 0 aliphatic heterocycles. The first-order chi connectivity index (χ1) is 27.6. The van der Waals surface area contributed by atoms with Crippen LogP contribution in [0.15, 0.2) is 118 Å². The van der Waals surface area contributed by atoms with Crippen LogP contribution in [0.1, 0.15) is 10.4 Å². The molecule has 4 aromatic carbocycles. The van der Waals surface area contributed by atoms with Gasteiger partial charge in [0, 0.05) is 6.07 Å². The van der Waals surface area contributed by atoms with Gasteiger partial charge in [-0.15, -0.1) is 10.0 Å².